The number of carbonyl (C=O) groups excluding carboxylic acids is 1. The van der Waals surface area contributed by atoms with Crippen LogP contribution < -0.4 is 10.7 Å². The maximum Gasteiger partial charge on any atom is 0.442 e. The molecule has 0 aliphatic heterocycles. The van der Waals surface area contributed by atoms with Gasteiger partial charge in [-0.25, -0.2) is 19.3 Å². The fraction of sp³-hybridized carbons (Fsp3) is 0.0952. The Bertz CT molecular complexity index is 1140. The summed E-state index contributed by atoms with van der Waals surface area (Å²) >= 11 is 0. The second-order valence-corrected chi connectivity index (χ2v) is 6.23. The van der Waals surface area contributed by atoms with E-state index in [2.05, 4.69) is 15.1 Å². The van der Waals surface area contributed by atoms with Crippen molar-refractivity contribution in [1.29, 1.82) is 0 Å². The molecule has 2 aromatic heterocycles. The molecule has 8 heteroatoms. The van der Waals surface area contributed by atoms with Gasteiger partial charge in [0.05, 0.1) is 6.54 Å². The second kappa shape index (κ2) is 8.30. The molecule has 4 rings (SSSR count). The minimum absolute atomic E-state index is 0.108. The summed E-state index contributed by atoms with van der Waals surface area (Å²) in [6.45, 7) is 0.110. The number of benzene rings is 2. The smallest absolute Gasteiger partial charge is 0.306 e. The lowest BCUT2D eigenvalue weighted by molar-refractivity contribution is -0.119. The highest BCUT2D eigenvalue weighted by Gasteiger charge is 2.22. The lowest BCUT2D eigenvalue weighted by Crippen LogP contribution is -2.35. The predicted molar refractivity (Wildman–Crippen MR) is 106 cm³/mol. The minimum Gasteiger partial charge on any atom is -0.306 e. The molecule has 29 heavy (non-hydrogen) atoms. The molecule has 0 spiro atoms. The van der Waals surface area contributed by atoms with E-state index < -0.39 is 5.76 Å². The van der Waals surface area contributed by atoms with Gasteiger partial charge >= 0.3 is 5.76 Å². The number of hydrogen-bond donors (Lipinski definition) is 0. The van der Waals surface area contributed by atoms with Gasteiger partial charge in [0.15, 0.2) is 5.82 Å². The van der Waals surface area contributed by atoms with Crippen LogP contribution in [0.1, 0.15) is 5.56 Å². The highest BCUT2D eigenvalue weighted by Crippen LogP contribution is 2.18. The lowest BCUT2D eigenvalue weighted by atomic mass is 10.2. The number of anilines is 1. The number of hydrogen-bond acceptors (Lipinski definition) is 6. The molecule has 0 aliphatic rings. The van der Waals surface area contributed by atoms with Crippen molar-refractivity contribution in [2.75, 3.05) is 4.90 Å². The quantitative estimate of drug-likeness (QED) is 0.505. The second-order valence-electron chi connectivity index (χ2n) is 6.23. The first-order chi connectivity index (χ1) is 14.2. The summed E-state index contributed by atoms with van der Waals surface area (Å²) in [6, 6.07) is 20.6. The Labute approximate surface area is 166 Å². The highest BCUT2D eigenvalue weighted by atomic mass is 16.5. The summed E-state index contributed by atoms with van der Waals surface area (Å²) in [5, 5.41) is 3.73. The topological polar surface area (TPSA) is 94.1 Å². The zero-order valence-electron chi connectivity index (χ0n) is 15.4. The Morgan fingerprint density at radius 1 is 0.931 bits per heavy atom. The molecule has 8 nitrogen and oxygen atoms in total. The van der Waals surface area contributed by atoms with E-state index in [1.54, 1.807) is 11.0 Å². The molecule has 0 aliphatic carbocycles. The number of carbonyl (C=O) groups is 1. The standard InChI is InChI=1S/C21H17N5O3/c27-18(15-26-20(24-29-21(26)28)19-22-12-7-13-23-19)25(17-10-5-2-6-11-17)14-16-8-3-1-4-9-16/h1-13H,14-15H2. The first-order valence-corrected chi connectivity index (χ1v) is 8.95. The number of amides is 1. The lowest BCUT2D eigenvalue weighted by Gasteiger charge is -2.23. The van der Waals surface area contributed by atoms with E-state index in [-0.39, 0.29) is 24.1 Å². The third-order valence-electron chi connectivity index (χ3n) is 4.30. The van der Waals surface area contributed by atoms with Gasteiger partial charge in [-0.15, -0.1) is 0 Å². The fourth-order valence-electron chi connectivity index (χ4n) is 2.90. The number of para-hydroxylation sites is 1. The molecule has 144 valence electrons. The maximum absolute atomic E-state index is 13.2. The summed E-state index contributed by atoms with van der Waals surface area (Å²) < 4.78 is 5.90. The van der Waals surface area contributed by atoms with Gasteiger partial charge in [0.2, 0.25) is 11.7 Å². The van der Waals surface area contributed by atoms with Crippen LogP contribution in [0, 0.1) is 0 Å². The van der Waals surface area contributed by atoms with Gasteiger partial charge < -0.3 is 4.90 Å². The van der Waals surface area contributed by atoms with Gasteiger partial charge in [-0.05, 0) is 23.8 Å². The van der Waals surface area contributed by atoms with Crippen molar-refractivity contribution in [3.63, 3.8) is 0 Å². The molecule has 4 aromatic rings. The molecular weight excluding hydrogens is 370 g/mol. The number of nitrogens with zero attached hydrogens (tertiary/aromatic N) is 5. The maximum atomic E-state index is 13.2. The van der Waals surface area contributed by atoms with Crippen LogP contribution in [0.3, 0.4) is 0 Å². The van der Waals surface area contributed by atoms with E-state index in [9.17, 15) is 9.59 Å². The summed E-state index contributed by atoms with van der Waals surface area (Å²) in [5.41, 5.74) is 1.69. The zero-order chi connectivity index (χ0) is 20.1. The van der Waals surface area contributed by atoms with Gasteiger partial charge in [0, 0.05) is 18.1 Å². The van der Waals surface area contributed by atoms with Crippen LogP contribution in [-0.2, 0) is 17.9 Å². The van der Waals surface area contributed by atoms with E-state index in [0.717, 1.165) is 15.8 Å². The van der Waals surface area contributed by atoms with Crippen molar-refractivity contribution < 1.29 is 9.32 Å². The summed E-state index contributed by atoms with van der Waals surface area (Å²) in [7, 11) is 0. The molecule has 0 atom stereocenters. The van der Waals surface area contributed by atoms with E-state index in [4.69, 9.17) is 4.52 Å². The monoisotopic (exact) mass is 387 g/mol. The van der Waals surface area contributed by atoms with Gasteiger partial charge in [-0.1, -0.05) is 53.7 Å². The molecule has 0 fully saturated rings. The third kappa shape index (κ3) is 4.11. The molecular formula is C21H17N5O3. The van der Waals surface area contributed by atoms with Crippen LogP contribution in [-0.4, -0.2) is 25.6 Å². The van der Waals surface area contributed by atoms with Crippen molar-refractivity contribution in [1.82, 2.24) is 19.7 Å². The molecule has 0 N–H and O–H groups in total. The molecule has 0 saturated carbocycles. The molecule has 0 saturated heterocycles. The molecule has 2 aromatic carbocycles. The average Bonchev–Trinajstić information content (AvgIpc) is 3.14. The molecule has 0 unspecified atom stereocenters. The van der Waals surface area contributed by atoms with Crippen molar-refractivity contribution in [2.45, 2.75) is 13.1 Å². The van der Waals surface area contributed by atoms with Gasteiger partial charge in [-0.3, -0.25) is 9.32 Å². The van der Waals surface area contributed by atoms with E-state index in [1.165, 1.54) is 12.4 Å². The Balaban J connectivity index is 1.66. The zero-order valence-corrected chi connectivity index (χ0v) is 15.4. The molecule has 1 amide bonds. The van der Waals surface area contributed by atoms with Crippen molar-refractivity contribution >= 4 is 11.6 Å². The Morgan fingerprint density at radius 3 is 2.28 bits per heavy atom. The third-order valence-corrected chi connectivity index (χ3v) is 4.30. The summed E-state index contributed by atoms with van der Waals surface area (Å²) in [5.74, 6) is -0.715. The number of aromatic nitrogens is 4. The largest absolute Gasteiger partial charge is 0.442 e. The van der Waals surface area contributed by atoms with Gasteiger partial charge in [0.25, 0.3) is 0 Å². The first-order valence-electron chi connectivity index (χ1n) is 8.95. The van der Waals surface area contributed by atoms with E-state index in [0.29, 0.717) is 6.54 Å². The first kappa shape index (κ1) is 18.3. The van der Waals surface area contributed by atoms with E-state index in [1.807, 2.05) is 60.7 Å². The Hall–Kier alpha value is -4.07. The Kier molecular flexibility index (Phi) is 5.24. The molecule has 2 heterocycles. The van der Waals surface area contributed by atoms with Crippen LogP contribution in [0.25, 0.3) is 11.6 Å². The minimum atomic E-state index is -0.742. The van der Waals surface area contributed by atoms with Gasteiger partial charge in [0.1, 0.15) is 6.54 Å². The van der Waals surface area contributed by atoms with Crippen LogP contribution in [0.15, 0.2) is 88.4 Å². The normalized spacial score (nSPS) is 10.6. The summed E-state index contributed by atoms with van der Waals surface area (Å²) in [6.07, 6.45) is 3.05. The van der Waals surface area contributed by atoms with Crippen LogP contribution >= 0.6 is 0 Å². The van der Waals surface area contributed by atoms with Crippen LogP contribution in [0.2, 0.25) is 0 Å². The van der Waals surface area contributed by atoms with Crippen LogP contribution in [0.5, 0.6) is 0 Å². The van der Waals surface area contributed by atoms with Crippen molar-refractivity contribution in [3.8, 4) is 11.6 Å². The average molecular weight is 387 g/mol. The van der Waals surface area contributed by atoms with Gasteiger partial charge in [-0.2, -0.15) is 0 Å². The summed E-state index contributed by atoms with van der Waals surface area (Å²) in [4.78, 5) is 35.2. The predicted octanol–water partition coefficient (Wildman–Crippen LogP) is 2.53. The van der Waals surface area contributed by atoms with Crippen molar-refractivity contribution in [2.24, 2.45) is 0 Å². The molecule has 0 bridgehead atoms. The Morgan fingerprint density at radius 2 is 1.59 bits per heavy atom. The fourth-order valence-corrected chi connectivity index (χ4v) is 2.90. The van der Waals surface area contributed by atoms with E-state index >= 15 is 0 Å². The number of rotatable bonds is 6. The molecule has 0 radical (unpaired) electrons. The highest BCUT2D eigenvalue weighted by molar-refractivity contribution is 5.93. The van der Waals surface area contributed by atoms with Crippen LogP contribution in [0.4, 0.5) is 5.69 Å². The van der Waals surface area contributed by atoms with Crippen molar-refractivity contribution in [3.05, 3.63) is 95.2 Å². The SMILES string of the molecule is O=C(Cn1c(-c2ncccn2)noc1=O)N(Cc1ccccc1)c1ccccc1.